The number of phenolic OH excluding ortho intramolecular Hbond substituents is 1. The van der Waals surface area contributed by atoms with E-state index in [1.54, 1.807) is 17.4 Å². The van der Waals surface area contributed by atoms with Crippen molar-refractivity contribution >= 4 is 17.4 Å². The van der Waals surface area contributed by atoms with Crippen molar-refractivity contribution in [1.82, 2.24) is 15.5 Å². The zero-order valence-electron chi connectivity index (χ0n) is 17.0. The summed E-state index contributed by atoms with van der Waals surface area (Å²) in [5.74, 6) is 0.327. The number of nitrogens with one attached hydrogen (secondary N) is 2. The molecule has 0 radical (unpaired) electrons. The van der Waals surface area contributed by atoms with Crippen molar-refractivity contribution in [3.05, 3.63) is 51.7 Å². The summed E-state index contributed by atoms with van der Waals surface area (Å²) >= 11 is 1.68. The van der Waals surface area contributed by atoms with Crippen LogP contribution in [0, 0.1) is 0 Å². The van der Waals surface area contributed by atoms with Crippen molar-refractivity contribution in [2.24, 2.45) is 0 Å². The molecule has 1 heterocycles. The Morgan fingerprint density at radius 3 is 2.86 bits per heavy atom. The average Bonchev–Trinajstić information content (AvgIpc) is 3.06. The van der Waals surface area contributed by atoms with Gasteiger partial charge in [-0.3, -0.25) is 0 Å². The number of fused-ring (bicyclic) bond motifs is 1. The smallest absolute Gasteiger partial charge is 0.315 e. The molecule has 6 heteroatoms. The molecule has 2 atom stereocenters. The number of aryl methyl sites for hydroxylation is 1. The van der Waals surface area contributed by atoms with Crippen LogP contribution in [0.5, 0.6) is 5.75 Å². The summed E-state index contributed by atoms with van der Waals surface area (Å²) in [6, 6.07) is 7.74. The molecule has 1 aromatic carbocycles. The van der Waals surface area contributed by atoms with Crippen LogP contribution in [0.1, 0.15) is 36.5 Å². The Morgan fingerprint density at radius 1 is 1.32 bits per heavy atom. The Kier molecular flexibility index (Phi) is 6.62. The number of thiophene rings is 1. The summed E-state index contributed by atoms with van der Waals surface area (Å²) in [7, 11) is 4.17. The molecule has 152 valence electrons. The second-order valence-electron chi connectivity index (χ2n) is 8.17. The predicted octanol–water partition coefficient (Wildman–Crippen LogP) is 3.56. The number of amides is 2. The molecule has 1 aromatic heterocycles. The molecule has 3 N–H and O–H groups in total. The van der Waals surface area contributed by atoms with E-state index in [2.05, 4.69) is 46.5 Å². The predicted molar refractivity (Wildman–Crippen MR) is 115 cm³/mol. The Balaban J connectivity index is 1.62. The number of rotatable bonds is 6. The second kappa shape index (κ2) is 8.97. The number of hydrogen-bond donors (Lipinski definition) is 3. The standard InChI is InChI=1S/C22H31N3O2S/c1-16(11-17-8-10-28-14-17)24-21(27)23-15-22(25(2)3)9-4-5-18-12-20(26)7-6-19(18)13-22/h6-8,10,12,14,16,26H,4-5,9,11,13,15H2,1-3H3,(H2,23,24,27)/t16-,22?/m0/s1. The first-order valence-electron chi connectivity index (χ1n) is 9.92. The first-order valence-corrected chi connectivity index (χ1v) is 10.9. The van der Waals surface area contributed by atoms with Crippen molar-refractivity contribution in [3.8, 4) is 5.75 Å². The summed E-state index contributed by atoms with van der Waals surface area (Å²) in [5, 5.41) is 20.2. The van der Waals surface area contributed by atoms with Crippen molar-refractivity contribution in [3.63, 3.8) is 0 Å². The number of urea groups is 1. The van der Waals surface area contributed by atoms with Crippen LogP contribution in [-0.2, 0) is 19.3 Å². The molecule has 2 amide bonds. The molecule has 1 aliphatic carbocycles. The zero-order valence-corrected chi connectivity index (χ0v) is 17.8. The fourth-order valence-corrected chi connectivity index (χ4v) is 4.77. The maximum atomic E-state index is 12.5. The monoisotopic (exact) mass is 401 g/mol. The van der Waals surface area contributed by atoms with Gasteiger partial charge in [0.25, 0.3) is 0 Å². The highest BCUT2D eigenvalue weighted by atomic mass is 32.1. The van der Waals surface area contributed by atoms with Crippen LogP contribution >= 0.6 is 11.3 Å². The van der Waals surface area contributed by atoms with Crippen LogP contribution < -0.4 is 10.6 Å². The van der Waals surface area contributed by atoms with Crippen LogP contribution in [0.2, 0.25) is 0 Å². The highest BCUT2D eigenvalue weighted by Crippen LogP contribution is 2.32. The molecule has 3 rings (SSSR count). The van der Waals surface area contributed by atoms with Crippen LogP contribution in [0.4, 0.5) is 4.79 Å². The normalized spacial score (nSPS) is 20.3. The van der Waals surface area contributed by atoms with Gasteiger partial charge in [0, 0.05) is 18.1 Å². The fourth-order valence-electron chi connectivity index (χ4n) is 4.09. The van der Waals surface area contributed by atoms with E-state index in [4.69, 9.17) is 0 Å². The zero-order chi connectivity index (χ0) is 20.1. The number of phenols is 1. The molecule has 2 aromatic rings. The Hall–Kier alpha value is -2.05. The first-order chi connectivity index (χ1) is 13.4. The number of benzene rings is 1. The molecular weight excluding hydrogens is 370 g/mol. The van der Waals surface area contributed by atoms with E-state index < -0.39 is 0 Å². The highest BCUT2D eigenvalue weighted by molar-refractivity contribution is 7.07. The summed E-state index contributed by atoms with van der Waals surface area (Å²) in [6.45, 7) is 2.63. The summed E-state index contributed by atoms with van der Waals surface area (Å²) < 4.78 is 0. The molecule has 1 unspecified atom stereocenters. The minimum absolute atomic E-state index is 0.0859. The van der Waals surface area contributed by atoms with Gasteiger partial charge in [-0.15, -0.1) is 0 Å². The number of carbonyl (C=O) groups excluding carboxylic acids is 1. The lowest BCUT2D eigenvalue weighted by atomic mass is 9.86. The largest absolute Gasteiger partial charge is 0.508 e. The number of carbonyl (C=O) groups is 1. The summed E-state index contributed by atoms with van der Waals surface area (Å²) in [6.07, 6.45) is 4.70. The molecule has 0 saturated heterocycles. The van der Waals surface area contributed by atoms with E-state index in [0.717, 1.165) is 32.1 Å². The number of aromatic hydroxyl groups is 1. The minimum atomic E-state index is -0.129. The molecule has 0 aliphatic heterocycles. The lowest BCUT2D eigenvalue weighted by Crippen LogP contribution is -2.56. The third-order valence-corrected chi connectivity index (χ3v) is 6.56. The van der Waals surface area contributed by atoms with E-state index in [1.165, 1.54) is 16.7 Å². The highest BCUT2D eigenvalue weighted by Gasteiger charge is 2.35. The van der Waals surface area contributed by atoms with Gasteiger partial charge in [0.05, 0.1) is 0 Å². The van der Waals surface area contributed by atoms with Gasteiger partial charge in [0.15, 0.2) is 0 Å². The van der Waals surface area contributed by atoms with Crippen LogP contribution in [0.3, 0.4) is 0 Å². The van der Waals surface area contributed by atoms with Gasteiger partial charge in [0.2, 0.25) is 0 Å². The quantitative estimate of drug-likeness (QED) is 0.649. The van der Waals surface area contributed by atoms with Gasteiger partial charge < -0.3 is 20.6 Å². The van der Waals surface area contributed by atoms with E-state index in [9.17, 15) is 9.90 Å². The topological polar surface area (TPSA) is 64.6 Å². The van der Waals surface area contributed by atoms with Gasteiger partial charge in [0.1, 0.15) is 5.75 Å². The van der Waals surface area contributed by atoms with Gasteiger partial charge in [-0.2, -0.15) is 11.3 Å². The molecule has 0 bridgehead atoms. The van der Waals surface area contributed by atoms with Gasteiger partial charge in [-0.05, 0) is 98.8 Å². The molecule has 5 nitrogen and oxygen atoms in total. The van der Waals surface area contributed by atoms with E-state index in [-0.39, 0.29) is 17.6 Å². The van der Waals surface area contributed by atoms with E-state index in [1.807, 2.05) is 19.1 Å². The van der Waals surface area contributed by atoms with Crippen LogP contribution in [0.15, 0.2) is 35.0 Å². The molecule has 0 saturated carbocycles. The summed E-state index contributed by atoms with van der Waals surface area (Å²) in [4.78, 5) is 14.7. The van der Waals surface area contributed by atoms with E-state index in [0.29, 0.717) is 12.3 Å². The summed E-state index contributed by atoms with van der Waals surface area (Å²) in [5.41, 5.74) is 3.61. The fraction of sp³-hybridized carbons (Fsp3) is 0.500. The van der Waals surface area contributed by atoms with Crippen molar-refractivity contribution in [1.29, 1.82) is 0 Å². The van der Waals surface area contributed by atoms with Crippen molar-refractivity contribution in [2.45, 2.75) is 50.6 Å². The maximum Gasteiger partial charge on any atom is 0.315 e. The van der Waals surface area contributed by atoms with Crippen molar-refractivity contribution < 1.29 is 9.90 Å². The second-order valence-corrected chi connectivity index (χ2v) is 8.95. The van der Waals surface area contributed by atoms with Crippen molar-refractivity contribution in [2.75, 3.05) is 20.6 Å². The average molecular weight is 402 g/mol. The van der Waals surface area contributed by atoms with Crippen LogP contribution in [0.25, 0.3) is 0 Å². The minimum Gasteiger partial charge on any atom is -0.508 e. The molecule has 28 heavy (non-hydrogen) atoms. The number of nitrogens with zero attached hydrogens (tertiary/aromatic N) is 1. The Bertz CT molecular complexity index is 791. The molecule has 0 spiro atoms. The third kappa shape index (κ3) is 5.06. The molecule has 1 aliphatic rings. The third-order valence-electron chi connectivity index (χ3n) is 5.82. The van der Waals surface area contributed by atoms with Gasteiger partial charge in [-0.1, -0.05) is 6.07 Å². The lowest BCUT2D eigenvalue weighted by Gasteiger charge is -2.40. The number of likely N-dealkylation sites (N-methyl/N-ethyl adjacent to an activating group) is 1. The Morgan fingerprint density at radius 2 is 2.14 bits per heavy atom. The van der Waals surface area contributed by atoms with Gasteiger partial charge in [-0.25, -0.2) is 4.79 Å². The molecular formula is C22H31N3O2S. The molecule has 0 fully saturated rings. The first kappa shape index (κ1) is 20.7. The maximum absolute atomic E-state index is 12.5. The van der Waals surface area contributed by atoms with Crippen LogP contribution in [-0.4, -0.2) is 48.3 Å². The SMILES string of the molecule is C[C@@H](Cc1ccsc1)NC(=O)NCC1(N(C)C)CCCc2cc(O)ccc2C1. The van der Waals surface area contributed by atoms with Gasteiger partial charge >= 0.3 is 6.03 Å². The number of hydrogen-bond acceptors (Lipinski definition) is 4. The Labute approximate surface area is 171 Å². The van der Waals surface area contributed by atoms with E-state index >= 15 is 0 Å². The lowest BCUT2D eigenvalue weighted by molar-refractivity contribution is 0.136.